The number of hydrogen-bond donors (Lipinski definition) is 1. The lowest BCUT2D eigenvalue weighted by molar-refractivity contribution is -0.151. The van der Waals surface area contributed by atoms with E-state index in [2.05, 4.69) is 5.32 Å². The van der Waals surface area contributed by atoms with Gasteiger partial charge in [0, 0.05) is 25.6 Å². The summed E-state index contributed by atoms with van der Waals surface area (Å²) in [5.74, 6) is 0.253. The van der Waals surface area contributed by atoms with Gasteiger partial charge in [0.1, 0.15) is 6.04 Å². The lowest BCUT2D eigenvalue weighted by Gasteiger charge is -2.38. The highest BCUT2D eigenvalue weighted by Gasteiger charge is 2.35. The van der Waals surface area contributed by atoms with E-state index in [1.807, 2.05) is 4.90 Å². The number of nitrogens with zero attached hydrogens (tertiary/aromatic N) is 1. The molecule has 2 rings (SSSR count). The molecule has 1 amide bonds. The summed E-state index contributed by atoms with van der Waals surface area (Å²) in [4.78, 5) is 24.7. The van der Waals surface area contributed by atoms with E-state index in [9.17, 15) is 9.59 Å². The predicted molar refractivity (Wildman–Crippen MR) is 57.7 cm³/mol. The van der Waals surface area contributed by atoms with Crippen molar-refractivity contribution in [3.63, 3.8) is 0 Å². The number of rotatable bonds is 5. The normalized spacial score (nSPS) is 24.7. The summed E-state index contributed by atoms with van der Waals surface area (Å²) in [5, 5.41) is 2.89. The molecule has 0 aromatic rings. The average Bonchev–Trinajstić information content (AvgIpc) is 3.05. The van der Waals surface area contributed by atoms with E-state index in [1.165, 1.54) is 7.11 Å². The van der Waals surface area contributed by atoms with Crippen LogP contribution in [0.2, 0.25) is 0 Å². The van der Waals surface area contributed by atoms with Gasteiger partial charge in [-0.15, -0.1) is 0 Å². The fourth-order valence-electron chi connectivity index (χ4n) is 1.92. The molecule has 5 heteroatoms. The second kappa shape index (κ2) is 4.82. The molecule has 1 N–H and O–H groups in total. The molecule has 16 heavy (non-hydrogen) atoms. The Balaban J connectivity index is 1.62. The van der Waals surface area contributed by atoms with Crippen LogP contribution in [-0.4, -0.2) is 49.6 Å². The van der Waals surface area contributed by atoms with Crippen molar-refractivity contribution in [2.45, 2.75) is 25.3 Å². The summed E-state index contributed by atoms with van der Waals surface area (Å²) in [6, 6.07) is -0.0946. The lowest BCUT2D eigenvalue weighted by atomic mass is 10.0. The molecule has 0 radical (unpaired) electrons. The van der Waals surface area contributed by atoms with Crippen LogP contribution in [0, 0.1) is 5.92 Å². The fourth-order valence-corrected chi connectivity index (χ4v) is 1.92. The molecule has 1 unspecified atom stereocenters. The van der Waals surface area contributed by atoms with Gasteiger partial charge in [-0.05, 0) is 19.3 Å². The van der Waals surface area contributed by atoms with E-state index in [4.69, 9.17) is 4.74 Å². The van der Waals surface area contributed by atoms with E-state index in [1.54, 1.807) is 0 Å². The SMILES string of the molecule is COC(=O)C1CCN1CCNC(=O)C1CC1. The molecule has 90 valence electrons. The third-order valence-corrected chi connectivity index (χ3v) is 3.25. The van der Waals surface area contributed by atoms with Gasteiger partial charge in [-0.3, -0.25) is 14.5 Å². The van der Waals surface area contributed by atoms with Crippen LogP contribution in [0.3, 0.4) is 0 Å². The number of carbonyl (C=O) groups is 2. The highest BCUT2D eigenvalue weighted by molar-refractivity contribution is 5.80. The first-order valence-electron chi connectivity index (χ1n) is 5.82. The van der Waals surface area contributed by atoms with Crippen molar-refractivity contribution in [2.24, 2.45) is 5.92 Å². The molecular weight excluding hydrogens is 208 g/mol. The number of nitrogens with one attached hydrogen (secondary N) is 1. The molecule has 0 bridgehead atoms. The Morgan fingerprint density at radius 2 is 2.12 bits per heavy atom. The second-order valence-electron chi connectivity index (χ2n) is 4.43. The third kappa shape index (κ3) is 2.52. The zero-order chi connectivity index (χ0) is 11.5. The molecular formula is C11H18N2O3. The largest absolute Gasteiger partial charge is 0.468 e. The quantitative estimate of drug-likeness (QED) is 0.657. The Morgan fingerprint density at radius 1 is 1.38 bits per heavy atom. The van der Waals surface area contributed by atoms with Gasteiger partial charge in [0.25, 0.3) is 0 Å². The van der Waals surface area contributed by atoms with Crippen LogP contribution < -0.4 is 5.32 Å². The predicted octanol–water partition coefficient (Wildman–Crippen LogP) is -0.240. The van der Waals surface area contributed by atoms with Crippen molar-refractivity contribution in [1.29, 1.82) is 0 Å². The number of amides is 1. The fraction of sp³-hybridized carbons (Fsp3) is 0.818. The minimum Gasteiger partial charge on any atom is -0.468 e. The summed E-state index contributed by atoms with van der Waals surface area (Å²) >= 11 is 0. The van der Waals surface area contributed by atoms with Crippen LogP contribution in [0.5, 0.6) is 0 Å². The molecule has 1 heterocycles. The molecule has 1 aliphatic heterocycles. The number of methoxy groups -OCH3 is 1. The standard InChI is InChI=1S/C11H18N2O3/c1-16-11(15)9-4-6-13(9)7-5-12-10(14)8-2-3-8/h8-9H,2-7H2,1H3,(H,12,14). The van der Waals surface area contributed by atoms with E-state index in [-0.39, 0.29) is 23.8 Å². The van der Waals surface area contributed by atoms with Crippen LogP contribution in [0.4, 0.5) is 0 Å². The van der Waals surface area contributed by atoms with Crippen molar-refractivity contribution in [3.05, 3.63) is 0 Å². The number of ether oxygens (including phenoxy) is 1. The third-order valence-electron chi connectivity index (χ3n) is 3.25. The highest BCUT2D eigenvalue weighted by atomic mass is 16.5. The zero-order valence-electron chi connectivity index (χ0n) is 9.57. The molecule has 1 atom stereocenters. The van der Waals surface area contributed by atoms with Gasteiger partial charge in [-0.25, -0.2) is 0 Å². The van der Waals surface area contributed by atoms with Crippen LogP contribution in [0.1, 0.15) is 19.3 Å². The molecule has 0 aromatic carbocycles. The van der Waals surface area contributed by atoms with Gasteiger partial charge in [-0.1, -0.05) is 0 Å². The molecule has 0 spiro atoms. The van der Waals surface area contributed by atoms with Gasteiger partial charge in [0.15, 0.2) is 0 Å². The molecule has 1 saturated carbocycles. The van der Waals surface area contributed by atoms with Crippen LogP contribution in [0.15, 0.2) is 0 Å². The minimum atomic E-state index is -0.167. The Labute approximate surface area is 95.1 Å². The molecule has 1 aliphatic carbocycles. The minimum absolute atomic E-state index is 0.0946. The van der Waals surface area contributed by atoms with Crippen molar-refractivity contribution in [3.8, 4) is 0 Å². The Morgan fingerprint density at radius 3 is 2.62 bits per heavy atom. The topological polar surface area (TPSA) is 58.6 Å². The molecule has 5 nitrogen and oxygen atoms in total. The van der Waals surface area contributed by atoms with Crippen LogP contribution >= 0.6 is 0 Å². The highest BCUT2D eigenvalue weighted by Crippen LogP contribution is 2.28. The van der Waals surface area contributed by atoms with E-state index < -0.39 is 0 Å². The molecule has 2 aliphatic rings. The number of likely N-dealkylation sites (tertiary alicyclic amines) is 1. The molecule has 0 aromatic heterocycles. The number of carbonyl (C=O) groups excluding carboxylic acids is 2. The smallest absolute Gasteiger partial charge is 0.323 e. The van der Waals surface area contributed by atoms with E-state index in [0.29, 0.717) is 6.54 Å². The van der Waals surface area contributed by atoms with Gasteiger partial charge in [-0.2, -0.15) is 0 Å². The number of esters is 1. The molecule has 1 saturated heterocycles. The average molecular weight is 226 g/mol. The molecule has 2 fully saturated rings. The zero-order valence-corrected chi connectivity index (χ0v) is 9.57. The second-order valence-corrected chi connectivity index (χ2v) is 4.43. The maximum atomic E-state index is 11.3. The van der Waals surface area contributed by atoms with Gasteiger partial charge in [0.2, 0.25) is 5.91 Å². The van der Waals surface area contributed by atoms with E-state index in [0.717, 1.165) is 32.4 Å². The first-order chi connectivity index (χ1) is 7.72. The van der Waals surface area contributed by atoms with Crippen molar-refractivity contribution in [1.82, 2.24) is 10.2 Å². The summed E-state index contributed by atoms with van der Waals surface area (Å²) in [7, 11) is 1.41. The maximum Gasteiger partial charge on any atom is 0.323 e. The summed E-state index contributed by atoms with van der Waals surface area (Å²) in [5.41, 5.74) is 0. The first-order valence-corrected chi connectivity index (χ1v) is 5.82. The first kappa shape index (κ1) is 11.4. The summed E-state index contributed by atoms with van der Waals surface area (Å²) < 4.78 is 4.69. The summed E-state index contributed by atoms with van der Waals surface area (Å²) in [6.07, 6.45) is 2.92. The van der Waals surface area contributed by atoms with Crippen molar-refractivity contribution >= 4 is 11.9 Å². The number of hydrogen-bond acceptors (Lipinski definition) is 4. The summed E-state index contributed by atoms with van der Waals surface area (Å²) in [6.45, 7) is 2.28. The Kier molecular flexibility index (Phi) is 3.43. The Bertz CT molecular complexity index is 289. The van der Waals surface area contributed by atoms with Crippen molar-refractivity contribution in [2.75, 3.05) is 26.7 Å². The Hall–Kier alpha value is -1.10. The lowest BCUT2D eigenvalue weighted by Crippen LogP contribution is -2.54. The maximum absolute atomic E-state index is 11.3. The van der Waals surface area contributed by atoms with Gasteiger partial charge < -0.3 is 10.1 Å². The van der Waals surface area contributed by atoms with E-state index >= 15 is 0 Å². The van der Waals surface area contributed by atoms with Gasteiger partial charge in [0.05, 0.1) is 7.11 Å². The van der Waals surface area contributed by atoms with Crippen molar-refractivity contribution < 1.29 is 14.3 Å². The monoisotopic (exact) mass is 226 g/mol. The van der Waals surface area contributed by atoms with Gasteiger partial charge >= 0.3 is 5.97 Å². The van der Waals surface area contributed by atoms with Crippen LogP contribution in [0.25, 0.3) is 0 Å². The van der Waals surface area contributed by atoms with Crippen LogP contribution in [-0.2, 0) is 14.3 Å².